The average molecular weight is 502 g/mol. The van der Waals surface area contributed by atoms with E-state index >= 15 is 0 Å². The third-order valence-electron chi connectivity index (χ3n) is 6.53. The number of hydrogen-bond donors (Lipinski definition) is 1. The molecular formula is C30H31NO6. The van der Waals surface area contributed by atoms with Crippen LogP contribution in [0.1, 0.15) is 48.3 Å². The molecule has 0 fully saturated rings. The molecule has 0 heterocycles. The lowest BCUT2D eigenvalue weighted by atomic mass is 9.98. The number of carbonyl (C=O) groups is 3. The molecule has 0 saturated carbocycles. The monoisotopic (exact) mass is 501 g/mol. The van der Waals surface area contributed by atoms with Crippen LogP contribution >= 0.6 is 0 Å². The first-order valence-corrected chi connectivity index (χ1v) is 12.4. The molecule has 0 spiro atoms. The van der Waals surface area contributed by atoms with E-state index < -0.39 is 12.1 Å². The van der Waals surface area contributed by atoms with Gasteiger partial charge in [-0.15, -0.1) is 0 Å². The average Bonchev–Trinajstić information content (AvgIpc) is 3.26. The van der Waals surface area contributed by atoms with Gasteiger partial charge in [-0.05, 0) is 40.7 Å². The van der Waals surface area contributed by atoms with Crippen LogP contribution in [0.4, 0.5) is 4.79 Å². The first-order valence-electron chi connectivity index (χ1n) is 12.4. The molecule has 0 aliphatic heterocycles. The van der Waals surface area contributed by atoms with E-state index in [2.05, 4.69) is 29.6 Å². The zero-order valence-electron chi connectivity index (χ0n) is 20.9. The van der Waals surface area contributed by atoms with Crippen molar-refractivity contribution in [2.24, 2.45) is 0 Å². The van der Waals surface area contributed by atoms with E-state index in [0.29, 0.717) is 12.8 Å². The van der Waals surface area contributed by atoms with Crippen LogP contribution < -0.4 is 5.32 Å². The zero-order valence-corrected chi connectivity index (χ0v) is 20.9. The molecule has 0 bridgehead atoms. The van der Waals surface area contributed by atoms with Crippen molar-refractivity contribution in [3.8, 4) is 11.1 Å². The highest BCUT2D eigenvalue weighted by Crippen LogP contribution is 2.44. The van der Waals surface area contributed by atoms with Crippen LogP contribution in [0, 0.1) is 0 Å². The van der Waals surface area contributed by atoms with Gasteiger partial charge < -0.3 is 19.5 Å². The number of methoxy groups -OCH3 is 1. The second-order valence-electron chi connectivity index (χ2n) is 8.97. The normalized spacial score (nSPS) is 12.7. The molecule has 7 heteroatoms. The molecule has 1 amide bonds. The number of nitrogens with one attached hydrogen (secondary N) is 1. The summed E-state index contributed by atoms with van der Waals surface area (Å²) in [4.78, 5) is 36.7. The van der Waals surface area contributed by atoms with E-state index in [0.717, 1.165) is 27.8 Å². The highest BCUT2D eigenvalue weighted by atomic mass is 16.5. The molecule has 1 aliphatic carbocycles. The van der Waals surface area contributed by atoms with Crippen molar-refractivity contribution in [2.75, 3.05) is 13.7 Å². The molecule has 1 N–H and O–H groups in total. The zero-order chi connectivity index (χ0) is 26.0. The highest BCUT2D eigenvalue weighted by Gasteiger charge is 2.29. The number of carbonyl (C=O) groups excluding carboxylic acids is 3. The van der Waals surface area contributed by atoms with Crippen LogP contribution in [0.15, 0.2) is 78.9 Å². The molecule has 7 nitrogen and oxygen atoms in total. The van der Waals surface area contributed by atoms with Crippen molar-refractivity contribution in [3.05, 3.63) is 95.6 Å². The van der Waals surface area contributed by atoms with E-state index in [1.54, 1.807) is 0 Å². The van der Waals surface area contributed by atoms with Crippen LogP contribution in [0.2, 0.25) is 0 Å². The Labute approximate surface area is 216 Å². The van der Waals surface area contributed by atoms with Gasteiger partial charge in [0.25, 0.3) is 0 Å². The SMILES string of the molecule is COC(=O)CC[C@H](CCC(=O)OCc1ccccc1)NC(=O)OCC1c2ccccc2-c2ccccc21. The van der Waals surface area contributed by atoms with Crippen molar-refractivity contribution in [3.63, 3.8) is 0 Å². The Morgan fingerprint density at radius 3 is 1.95 bits per heavy atom. The fraction of sp³-hybridized carbons (Fsp3) is 0.300. The summed E-state index contributed by atoms with van der Waals surface area (Å²) in [5.74, 6) is -0.813. The first kappa shape index (κ1) is 25.9. The Morgan fingerprint density at radius 1 is 0.757 bits per heavy atom. The summed E-state index contributed by atoms with van der Waals surface area (Å²) in [5, 5.41) is 2.82. The molecule has 3 aromatic rings. The van der Waals surface area contributed by atoms with Gasteiger partial charge in [0.2, 0.25) is 0 Å². The number of ether oxygens (including phenoxy) is 3. The molecule has 192 valence electrons. The number of benzene rings is 3. The Kier molecular flexibility index (Phi) is 8.92. The molecule has 0 unspecified atom stereocenters. The van der Waals surface area contributed by atoms with Crippen molar-refractivity contribution in [1.82, 2.24) is 5.32 Å². The van der Waals surface area contributed by atoms with Crippen LogP contribution in [0.5, 0.6) is 0 Å². The minimum Gasteiger partial charge on any atom is -0.469 e. The number of amides is 1. The molecule has 0 radical (unpaired) electrons. The topological polar surface area (TPSA) is 90.9 Å². The summed E-state index contributed by atoms with van der Waals surface area (Å²) >= 11 is 0. The molecule has 37 heavy (non-hydrogen) atoms. The summed E-state index contributed by atoms with van der Waals surface area (Å²) in [6.45, 7) is 0.370. The van der Waals surface area contributed by atoms with E-state index in [9.17, 15) is 14.4 Å². The Morgan fingerprint density at radius 2 is 1.32 bits per heavy atom. The third kappa shape index (κ3) is 6.97. The maximum absolute atomic E-state index is 12.7. The lowest BCUT2D eigenvalue weighted by molar-refractivity contribution is -0.145. The highest BCUT2D eigenvalue weighted by molar-refractivity contribution is 5.79. The lowest BCUT2D eigenvalue weighted by Gasteiger charge is -2.19. The van der Waals surface area contributed by atoms with Gasteiger partial charge >= 0.3 is 18.0 Å². The fourth-order valence-electron chi connectivity index (χ4n) is 4.59. The predicted octanol–water partition coefficient (Wildman–Crippen LogP) is 5.37. The minimum absolute atomic E-state index is 0.0559. The van der Waals surface area contributed by atoms with Crippen molar-refractivity contribution in [1.29, 1.82) is 0 Å². The quantitative estimate of drug-likeness (QED) is 0.281. The van der Waals surface area contributed by atoms with Gasteiger partial charge in [-0.25, -0.2) is 4.79 Å². The second kappa shape index (κ2) is 12.7. The maximum atomic E-state index is 12.7. The van der Waals surface area contributed by atoms with Gasteiger partial charge in [0.15, 0.2) is 0 Å². The van der Waals surface area contributed by atoms with Gasteiger partial charge in [0.05, 0.1) is 7.11 Å². The molecule has 1 atom stereocenters. The van der Waals surface area contributed by atoms with Crippen LogP contribution in [-0.2, 0) is 30.4 Å². The Hall–Kier alpha value is -4.13. The predicted molar refractivity (Wildman–Crippen MR) is 139 cm³/mol. The smallest absolute Gasteiger partial charge is 0.407 e. The van der Waals surface area contributed by atoms with Crippen LogP contribution in [-0.4, -0.2) is 37.8 Å². The molecule has 4 rings (SSSR count). The van der Waals surface area contributed by atoms with Gasteiger partial charge in [-0.3, -0.25) is 9.59 Å². The molecule has 3 aromatic carbocycles. The summed E-state index contributed by atoms with van der Waals surface area (Å²) in [6.07, 6.45) is 0.263. The van der Waals surface area contributed by atoms with E-state index in [-0.39, 0.29) is 43.9 Å². The van der Waals surface area contributed by atoms with Gasteiger partial charge in [0, 0.05) is 24.8 Å². The summed E-state index contributed by atoms with van der Waals surface area (Å²) in [7, 11) is 1.32. The number of alkyl carbamates (subject to hydrolysis) is 1. The van der Waals surface area contributed by atoms with Crippen LogP contribution in [0.3, 0.4) is 0 Å². The molecule has 0 saturated heterocycles. The first-order chi connectivity index (χ1) is 18.0. The fourth-order valence-corrected chi connectivity index (χ4v) is 4.59. The second-order valence-corrected chi connectivity index (χ2v) is 8.97. The number of hydrogen-bond acceptors (Lipinski definition) is 6. The molecule has 0 aromatic heterocycles. The van der Waals surface area contributed by atoms with Crippen LogP contribution in [0.25, 0.3) is 11.1 Å². The third-order valence-corrected chi connectivity index (χ3v) is 6.53. The maximum Gasteiger partial charge on any atom is 0.407 e. The molecular weight excluding hydrogens is 470 g/mol. The minimum atomic E-state index is -0.589. The van der Waals surface area contributed by atoms with Gasteiger partial charge in [-0.1, -0.05) is 78.9 Å². The number of esters is 2. The summed E-state index contributed by atoms with van der Waals surface area (Å²) in [6, 6.07) is 25.2. The largest absolute Gasteiger partial charge is 0.469 e. The summed E-state index contributed by atoms with van der Waals surface area (Å²) < 4.78 is 15.7. The number of rotatable bonds is 11. The Balaban J connectivity index is 1.32. The van der Waals surface area contributed by atoms with Gasteiger partial charge in [-0.2, -0.15) is 0 Å². The lowest BCUT2D eigenvalue weighted by Crippen LogP contribution is -2.37. The van der Waals surface area contributed by atoms with Gasteiger partial charge in [0.1, 0.15) is 13.2 Å². The van der Waals surface area contributed by atoms with E-state index in [1.165, 1.54) is 7.11 Å². The summed E-state index contributed by atoms with van der Waals surface area (Å²) in [5.41, 5.74) is 5.45. The van der Waals surface area contributed by atoms with Crippen molar-refractivity contribution < 1.29 is 28.6 Å². The van der Waals surface area contributed by atoms with Crippen molar-refractivity contribution in [2.45, 2.75) is 44.2 Å². The standard InChI is InChI=1S/C30H31NO6/c1-35-28(32)17-15-22(16-18-29(33)36-19-21-9-3-2-4-10-21)31-30(34)37-20-27-25-13-7-5-11-23(25)24-12-6-8-14-26(24)27/h2-14,22,27H,15-20H2,1H3,(H,31,34)/t22-/m1/s1. The Bertz CT molecular complexity index is 1180. The van der Waals surface area contributed by atoms with E-state index in [1.807, 2.05) is 54.6 Å². The molecule has 1 aliphatic rings. The van der Waals surface area contributed by atoms with Crippen molar-refractivity contribution >= 4 is 18.0 Å². The number of fused-ring (bicyclic) bond motifs is 3. The van der Waals surface area contributed by atoms with E-state index in [4.69, 9.17) is 14.2 Å².